The van der Waals surface area contributed by atoms with Gasteiger partial charge in [0, 0.05) is 0 Å². The van der Waals surface area contributed by atoms with E-state index in [0.29, 0.717) is 11.5 Å². The molecule has 0 saturated carbocycles. The first-order valence-electron chi connectivity index (χ1n) is 5.33. The van der Waals surface area contributed by atoms with Gasteiger partial charge < -0.3 is 9.84 Å². The lowest BCUT2D eigenvalue weighted by atomic mass is 10.1. The van der Waals surface area contributed by atoms with Crippen LogP contribution in [0.5, 0.6) is 11.5 Å². The molecule has 1 N–H and O–H groups in total. The van der Waals surface area contributed by atoms with Crippen molar-refractivity contribution in [3.05, 3.63) is 59.4 Å². The molecular formula is C14H11FO3. The average molecular weight is 246 g/mol. The van der Waals surface area contributed by atoms with E-state index in [1.165, 1.54) is 36.4 Å². The van der Waals surface area contributed by atoms with E-state index in [4.69, 9.17) is 9.84 Å². The van der Waals surface area contributed by atoms with Gasteiger partial charge in [0.05, 0.1) is 5.56 Å². The van der Waals surface area contributed by atoms with Gasteiger partial charge in [-0.2, -0.15) is 0 Å². The van der Waals surface area contributed by atoms with Crippen LogP contribution in [-0.2, 0) is 0 Å². The SMILES string of the molecule is Cc1ccc(C(=O)O)cc1Oc1ccc(F)cc1. The first kappa shape index (κ1) is 12.1. The second kappa shape index (κ2) is 4.87. The summed E-state index contributed by atoms with van der Waals surface area (Å²) in [6.07, 6.45) is 0. The molecule has 2 aromatic carbocycles. The number of carboxylic acids is 1. The van der Waals surface area contributed by atoms with Gasteiger partial charge in [0.25, 0.3) is 0 Å². The summed E-state index contributed by atoms with van der Waals surface area (Å²) in [5.41, 5.74) is 0.960. The van der Waals surface area contributed by atoms with Gasteiger partial charge in [-0.1, -0.05) is 6.07 Å². The lowest BCUT2D eigenvalue weighted by molar-refractivity contribution is 0.0696. The Kier molecular flexibility index (Phi) is 3.28. The molecule has 0 aliphatic rings. The minimum atomic E-state index is -1.01. The minimum absolute atomic E-state index is 0.151. The number of hydrogen-bond donors (Lipinski definition) is 1. The van der Waals surface area contributed by atoms with Gasteiger partial charge in [0.15, 0.2) is 0 Å². The maximum atomic E-state index is 12.7. The van der Waals surface area contributed by atoms with E-state index >= 15 is 0 Å². The van der Waals surface area contributed by atoms with E-state index in [2.05, 4.69) is 0 Å². The Morgan fingerprint density at radius 2 is 1.83 bits per heavy atom. The van der Waals surface area contributed by atoms with Gasteiger partial charge >= 0.3 is 5.97 Å². The molecular weight excluding hydrogens is 235 g/mol. The highest BCUT2D eigenvalue weighted by Crippen LogP contribution is 2.26. The van der Waals surface area contributed by atoms with Crippen LogP contribution in [0.15, 0.2) is 42.5 Å². The summed E-state index contributed by atoms with van der Waals surface area (Å²) in [5, 5.41) is 8.90. The van der Waals surface area contributed by atoms with E-state index in [9.17, 15) is 9.18 Å². The van der Waals surface area contributed by atoms with Crippen LogP contribution in [0.25, 0.3) is 0 Å². The molecule has 2 aromatic rings. The fourth-order valence-corrected chi connectivity index (χ4v) is 1.47. The first-order valence-corrected chi connectivity index (χ1v) is 5.33. The predicted octanol–water partition coefficient (Wildman–Crippen LogP) is 3.62. The fraction of sp³-hybridized carbons (Fsp3) is 0.0714. The molecule has 3 nitrogen and oxygen atoms in total. The summed E-state index contributed by atoms with van der Waals surface area (Å²) in [6, 6.07) is 10.2. The summed E-state index contributed by atoms with van der Waals surface area (Å²) in [5.74, 6) is -0.458. The molecule has 0 atom stereocenters. The van der Waals surface area contributed by atoms with E-state index in [-0.39, 0.29) is 11.4 Å². The van der Waals surface area contributed by atoms with E-state index in [0.717, 1.165) is 5.56 Å². The van der Waals surface area contributed by atoms with Crippen molar-refractivity contribution in [2.24, 2.45) is 0 Å². The lowest BCUT2D eigenvalue weighted by Gasteiger charge is -2.09. The number of carbonyl (C=O) groups is 1. The van der Waals surface area contributed by atoms with Crippen LogP contribution in [0.3, 0.4) is 0 Å². The molecule has 0 fully saturated rings. The zero-order chi connectivity index (χ0) is 13.1. The smallest absolute Gasteiger partial charge is 0.335 e. The molecule has 0 bridgehead atoms. The average Bonchev–Trinajstić information content (AvgIpc) is 2.34. The number of halogens is 1. The molecule has 0 heterocycles. The van der Waals surface area contributed by atoms with Crippen molar-refractivity contribution in [3.8, 4) is 11.5 Å². The Balaban J connectivity index is 2.30. The number of aromatic carboxylic acids is 1. The third-order valence-corrected chi connectivity index (χ3v) is 2.48. The largest absolute Gasteiger partial charge is 0.478 e. The third-order valence-electron chi connectivity index (χ3n) is 2.48. The summed E-state index contributed by atoms with van der Waals surface area (Å²) >= 11 is 0. The number of benzene rings is 2. The van der Waals surface area contributed by atoms with Crippen molar-refractivity contribution >= 4 is 5.97 Å². The van der Waals surface area contributed by atoms with Gasteiger partial charge in [-0.05, 0) is 48.9 Å². The number of hydrogen-bond acceptors (Lipinski definition) is 2. The van der Waals surface area contributed by atoms with E-state index < -0.39 is 5.97 Å². The van der Waals surface area contributed by atoms with Crippen molar-refractivity contribution in [2.45, 2.75) is 6.92 Å². The zero-order valence-corrected chi connectivity index (χ0v) is 9.68. The number of rotatable bonds is 3. The monoisotopic (exact) mass is 246 g/mol. The highest BCUT2D eigenvalue weighted by atomic mass is 19.1. The van der Waals surface area contributed by atoms with Gasteiger partial charge in [-0.15, -0.1) is 0 Å². The van der Waals surface area contributed by atoms with Crippen LogP contribution in [0.4, 0.5) is 4.39 Å². The topological polar surface area (TPSA) is 46.5 Å². The van der Waals surface area contributed by atoms with E-state index in [1.807, 2.05) is 6.92 Å². The number of carboxylic acid groups (broad SMARTS) is 1. The Morgan fingerprint density at radius 3 is 2.44 bits per heavy atom. The number of ether oxygens (including phenoxy) is 1. The molecule has 0 radical (unpaired) electrons. The minimum Gasteiger partial charge on any atom is -0.478 e. The summed E-state index contributed by atoms with van der Waals surface area (Å²) in [4.78, 5) is 10.9. The fourth-order valence-electron chi connectivity index (χ4n) is 1.47. The van der Waals surface area contributed by atoms with Crippen molar-refractivity contribution in [1.29, 1.82) is 0 Å². The maximum absolute atomic E-state index is 12.7. The molecule has 2 rings (SSSR count). The quantitative estimate of drug-likeness (QED) is 0.899. The van der Waals surface area contributed by atoms with Crippen LogP contribution < -0.4 is 4.74 Å². The highest BCUT2D eigenvalue weighted by molar-refractivity contribution is 5.88. The number of aryl methyl sites for hydroxylation is 1. The lowest BCUT2D eigenvalue weighted by Crippen LogP contribution is -1.97. The van der Waals surface area contributed by atoms with Crippen LogP contribution in [0.1, 0.15) is 15.9 Å². The third kappa shape index (κ3) is 2.66. The van der Waals surface area contributed by atoms with Crippen molar-refractivity contribution in [1.82, 2.24) is 0 Å². The zero-order valence-electron chi connectivity index (χ0n) is 9.68. The summed E-state index contributed by atoms with van der Waals surface area (Å²) < 4.78 is 18.3. The normalized spacial score (nSPS) is 10.1. The van der Waals surface area contributed by atoms with Crippen LogP contribution >= 0.6 is 0 Å². The van der Waals surface area contributed by atoms with Crippen molar-refractivity contribution in [3.63, 3.8) is 0 Å². The molecule has 0 aromatic heterocycles. The molecule has 0 saturated heterocycles. The Morgan fingerprint density at radius 1 is 1.17 bits per heavy atom. The molecule has 18 heavy (non-hydrogen) atoms. The van der Waals surface area contributed by atoms with Gasteiger partial charge in [-0.3, -0.25) is 0 Å². The van der Waals surface area contributed by atoms with Gasteiger partial charge in [0.1, 0.15) is 17.3 Å². The van der Waals surface area contributed by atoms with E-state index in [1.54, 1.807) is 6.07 Å². The highest BCUT2D eigenvalue weighted by Gasteiger charge is 2.08. The standard InChI is InChI=1S/C14H11FO3/c1-9-2-3-10(14(16)17)8-13(9)18-12-6-4-11(15)5-7-12/h2-8H,1H3,(H,16,17). The van der Waals surface area contributed by atoms with Gasteiger partial charge in [-0.25, -0.2) is 9.18 Å². The molecule has 92 valence electrons. The van der Waals surface area contributed by atoms with Crippen LogP contribution in [-0.4, -0.2) is 11.1 Å². The Hall–Kier alpha value is -2.36. The second-order valence-corrected chi connectivity index (χ2v) is 3.84. The first-order chi connectivity index (χ1) is 8.56. The van der Waals surface area contributed by atoms with Gasteiger partial charge in [0.2, 0.25) is 0 Å². The molecule has 0 amide bonds. The predicted molar refractivity (Wildman–Crippen MR) is 64.6 cm³/mol. The molecule has 0 spiro atoms. The molecule has 0 aliphatic carbocycles. The van der Waals surface area contributed by atoms with Crippen LogP contribution in [0.2, 0.25) is 0 Å². The molecule has 0 unspecified atom stereocenters. The maximum Gasteiger partial charge on any atom is 0.335 e. The summed E-state index contributed by atoms with van der Waals surface area (Å²) in [7, 11) is 0. The van der Waals surface area contributed by atoms with Crippen molar-refractivity contribution in [2.75, 3.05) is 0 Å². The molecule has 0 aliphatic heterocycles. The Labute approximate surface area is 103 Å². The van der Waals surface area contributed by atoms with Crippen molar-refractivity contribution < 1.29 is 19.0 Å². The second-order valence-electron chi connectivity index (χ2n) is 3.84. The molecule has 4 heteroatoms. The Bertz CT molecular complexity index is 576. The summed E-state index contributed by atoms with van der Waals surface area (Å²) in [6.45, 7) is 1.81. The van der Waals surface area contributed by atoms with Crippen LogP contribution in [0, 0.1) is 12.7 Å².